The van der Waals surface area contributed by atoms with Gasteiger partial charge in [0.05, 0.1) is 11.6 Å². The standard InChI is InChI=1S/C24H19F6N3O/c1-14(23(25,26)27)8-11-19(31-2)33-20(16-5-3-7-17(13-16)24(28,29)30)18-10-9-15-6-4-12-32-21(15)22(18)34/h3-13,20,33-34H,2H2,1H3/b14-8+,19-11+. The Labute approximate surface area is 191 Å². The number of alkyl halides is 6. The first-order valence-electron chi connectivity index (χ1n) is 9.84. The molecule has 1 heterocycles. The lowest BCUT2D eigenvalue weighted by molar-refractivity contribution is -0.137. The molecular formula is C24H19F6N3O. The van der Waals surface area contributed by atoms with Gasteiger partial charge in [-0.2, -0.15) is 26.3 Å². The second-order valence-electron chi connectivity index (χ2n) is 7.34. The number of hydrogen-bond donors (Lipinski definition) is 2. The fourth-order valence-corrected chi connectivity index (χ4v) is 3.21. The minimum Gasteiger partial charge on any atom is -0.505 e. The first kappa shape index (κ1) is 24.8. The lowest BCUT2D eigenvalue weighted by atomic mass is 9.95. The number of phenols is 1. The van der Waals surface area contributed by atoms with E-state index in [1.807, 2.05) is 0 Å². The van der Waals surface area contributed by atoms with E-state index in [-0.39, 0.29) is 28.2 Å². The molecule has 4 nitrogen and oxygen atoms in total. The molecule has 0 aliphatic carbocycles. The lowest BCUT2D eigenvalue weighted by Crippen LogP contribution is -2.22. The third-order valence-corrected chi connectivity index (χ3v) is 5.04. The van der Waals surface area contributed by atoms with Crippen LogP contribution in [0.15, 0.2) is 83.3 Å². The number of nitrogens with zero attached hydrogens (tertiary/aromatic N) is 2. The number of aliphatic imine (C=N–C) groups is 1. The highest BCUT2D eigenvalue weighted by molar-refractivity contribution is 5.85. The van der Waals surface area contributed by atoms with Crippen LogP contribution in [-0.4, -0.2) is 23.0 Å². The van der Waals surface area contributed by atoms with Gasteiger partial charge in [0.15, 0.2) is 0 Å². The Morgan fingerprint density at radius 3 is 2.44 bits per heavy atom. The molecule has 3 aromatic rings. The average molecular weight is 479 g/mol. The van der Waals surface area contributed by atoms with Gasteiger partial charge in [-0.1, -0.05) is 36.4 Å². The van der Waals surface area contributed by atoms with Gasteiger partial charge in [-0.3, -0.25) is 4.98 Å². The van der Waals surface area contributed by atoms with E-state index in [0.29, 0.717) is 5.39 Å². The van der Waals surface area contributed by atoms with Crippen LogP contribution in [0.5, 0.6) is 5.75 Å². The Kier molecular flexibility index (Phi) is 6.99. The minimum absolute atomic E-state index is 0.0893. The SMILES string of the molecule is C=N/C(=C\C=C(/C)C(F)(F)F)NC(c1cccc(C(F)(F)F)c1)c1ccc2cccnc2c1O. The van der Waals surface area contributed by atoms with E-state index in [2.05, 4.69) is 22.0 Å². The van der Waals surface area contributed by atoms with Gasteiger partial charge in [0.1, 0.15) is 17.1 Å². The van der Waals surface area contributed by atoms with Crippen LogP contribution >= 0.6 is 0 Å². The number of fused-ring (bicyclic) bond motifs is 1. The van der Waals surface area contributed by atoms with Crippen LogP contribution in [0.25, 0.3) is 10.9 Å². The topological polar surface area (TPSA) is 57.5 Å². The predicted octanol–water partition coefficient (Wildman–Crippen LogP) is 6.69. The fraction of sp³-hybridized carbons (Fsp3) is 0.167. The summed E-state index contributed by atoms with van der Waals surface area (Å²) in [6.07, 6.45) is -5.98. The van der Waals surface area contributed by atoms with Crippen molar-refractivity contribution in [1.82, 2.24) is 10.3 Å². The summed E-state index contributed by atoms with van der Waals surface area (Å²) in [7, 11) is 0. The summed E-state index contributed by atoms with van der Waals surface area (Å²) >= 11 is 0. The van der Waals surface area contributed by atoms with Gasteiger partial charge in [0.25, 0.3) is 0 Å². The maximum Gasteiger partial charge on any atom is 0.416 e. The third kappa shape index (κ3) is 5.56. The Morgan fingerprint density at radius 2 is 1.79 bits per heavy atom. The Bertz CT molecular complexity index is 1260. The summed E-state index contributed by atoms with van der Waals surface area (Å²) in [5, 5.41) is 14.3. The van der Waals surface area contributed by atoms with Gasteiger partial charge in [-0.05, 0) is 43.5 Å². The molecule has 3 rings (SSSR count). The third-order valence-electron chi connectivity index (χ3n) is 5.04. The maximum atomic E-state index is 13.3. The Balaban J connectivity index is 2.16. The number of rotatable bonds is 6. The summed E-state index contributed by atoms with van der Waals surface area (Å²) in [5.74, 6) is -0.440. The first-order valence-corrected chi connectivity index (χ1v) is 9.84. The van der Waals surface area contributed by atoms with E-state index in [9.17, 15) is 31.4 Å². The molecule has 0 fully saturated rings. The van der Waals surface area contributed by atoms with Gasteiger partial charge in [0, 0.05) is 22.7 Å². The molecule has 0 radical (unpaired) electrons. The fourth-order valence-electron chi connectivity index (χ4n) is 3.21. The van der Waals surface area contributed by atoms with Gasteiger partial charge in [-0.25, -0.2) is 4.99 Å². The van der Waals surface area contributed by atoms with Crippen LogP contribution in [0.4, 0.5) is 26.3 Å². The molecule has 0 saturated carbocycles. The molecule has 1 aromatic heterocycles. The smallest absolute Gasteiger partial charge is 0.416 e. The van der Waals surface area contributed by atoms with Crippen LogP contribution in [0, 0.1) is 0 Å². The van der Waals surface area contributed by atoms with Crippen LogP contribution in [-0.2, 0) is 6.18 Å². The molecule has 178 valence electrons. The van der Waals surface area contributed by atoms with Crippen molar-refractivity contribution in [3.63, 3.8) is 0 Å². The zero-order valence-corrected chi connectivity index (χ0v) is 17.7. The van der Waals surface area contributed by atoms with Gasteiger partial charge < -0.3 is 10.4 Å². The molecular weight excluding hydrogens is 460 g/mol. The first-order chi connectivity index (χ1) is 15.9. The molecule has 0 aliphatic heterocycles. The van der Waals surface area contributed by atoms with E-state index in [1.165, 1.54) is 24.4 Å². The van der Waals surface area contributed by atoms with Crippen molar-refractivity contribution in [2.75, 3.05) is 0 Å². The summed E-state index contributed by atoms with van der Waals surface area (Å²) in [6.45, 7) is 4.19. The Hall–Kier alpha value is -3.82. The number of phenolic OH excluding ortho intramolecular Hbond substituents is 1. The van der Waals surface area contributed by atoms with Crippen molar-refractivity contribution >= 4 is 17.6 Å². The number of benzene rings is 2. The predicted molar refractivity (Wildman–Crippen MR) is 117 cm³/mol. The number of aromatic nitrogens is 1. The van der Waals surface area contributed by atoms with Crippen LogP contribution in [0.1, 0.15) is 29.7 Å². The molecule has 0 aliphatic rings. The molecule has 2 N–H and O–H groups in total. The van der Waals surface area contributed by atoms with Crippen LogP contribution < -0.4 is 5.32 Å². The Morgan fingerprint density at radius 1 is 1.06 bits per heavy atom. The number of allylic oxidation sites excluding steroid dienone is 3. The quantitative estimate of drug-likeness (QED) is 0.235. The van der Waals surface area contributed by atoms with Crippen molar-refractivity contribution in [2.45, 2.75) is 25.3 Å². The summed E-state index contributed by atoms with van der Waals surface area (Å²) in [5.41, 5.74) is -1.39. The second-order valence-corrected chi connectivity index (χ2v) is 7.34. The molecule has 1 unspecified atom stereocenters. The van der Waals surface area contributed by atoms with E-state index >= 15 is 0 Å². The lowest BCUT2D eigenvalue weighted by Gasteiger charge is -2.23. The van der Waals surface area contributed by atoms with E-state index in [1.54, 1.807) is 18.2 Å². The zero-order chi connectivity index (χ0) is 25.1. The number of hydrogen-bond acceptors (Lipinski definition) is 4. The van der Waals surface area contributed by atoms with Crippen molar-refractivity contribution in [3.8, 4) is 5.75 Å². The monoisotopic (exact) mass is 479 g/mol. The summed E-state index contributed by atoms with van der Waals surface area (Å²) in [4.78, 5) is 7.78. The summed E-state index contributed by atoms with van der Waals surface area (Å²) in [6, 6.07) is 9.71. The van der Waals surface area contributed by atoms with Crippen LogP contribution in [0.2, 0.25) is 0 Å². The number of aromatic hydroxyl groups is 1. The summed E-state index contributed by atoms with van der Waals surface area (Å²) < 4.78 is 78.5. The average Bonchev–Trinajstić information content (AvgIpc) is 2.79. The minimum atomic E-state index is -4.63. The van der Waals surface area contributed by atoms with Gasteiger partial charge >= 0.3 is 12.4 Å². The highest BCUT2D eigenvalue weighted by Crippen LogP contribution is 2.37. The van der Waals surface area contributed by atoms with E-state index < -0.39 is 29.5 Å². The van der Waals surface area contributed by atoms with Crippen molar-refractivity contribution < 1.29 is 31.4 Å². The molecule has 1 atom stereocenters. The molecule has 34 heavy (non-hydrogen) atoms. The molecule has 0 bridgehead atoms. The maximum absolute atomic E-state index is 13.3. The van der Waals surface area contributed by atoms with Gasteiger partial charge in [-0.15, -0.1) is 0 Å². The number of halogens is 6. The number of pyridine rings is 1. The van der Waals surface area contributed by atoms with E-state index in [4.69, 9.17) is 0 Å². The van der Waals surface area contributed by atoms with Crippen molar-refractivity contribution in [2.24, 2.45) is 4.99 Å². The highest BCUT2D eigenvalue weighted by atomic mass is 19.4. The molecule has 0 saturated heterocycles. The zero-order valence-electron chi connectivity index (χ0n) is 17.7. The van der Waals surface area contributed by atoms with Gasteiger partial charge in [0.2, 0.25) is 0 Å². The molecule has 10 heteroatoms. The van der Waals surface area contributed by atoms with E-state index in [0.717, 1.165) is 31.2 Å². The van der Waals surface area contributed by atoms with Crippen LogP contribution in [0.3, 0.4) is 0 Å². The van der Waals surface area contributed by atoms with Crippen molar-refractivity contribution in [3.05, 3.63) is 95.0 Å². The van der Waals surface area contributed by atoms with Crippen molar-refractivity contribution in [1.29, 1.82) is 0 Å². The molecule has 0 amide bonds. The number of nitrogens with one attached hydrogen (secondary N) is 1. The normalized spacial score (nSPS) is 14.2. The molecule has 0 spiro atoms. The highest BCUT2D eigenvalue weighted by Gasteiger charge is 2.32. The largest absolute Gasteiger partial charge is 0.505 e. The molecule has 2 aromatic carbocycles. The second kappa shape index (κ2) is 9.58.